The van der Waals surface area contributed by atoms with Gasteiger partial charge in [-0.3, -0.25) is 15.1 Å². The van der Waals surface area contributed by atoms with Gasteiger partial charge in [0.15, 0.2) is 5.75 Å². The Morgan fingerprint density at radius 3 is 2.30 bits per heavy atom. The number of fused-ring (bicyclic) bond motifs is 1. The van der Waals surface area contributed by atoms with Gasteiger partial charge in [-0.1, -0.05) is 29.3 Å². The maximum Gasteiger partial charge on any atom is 0.272 e. The molecule has 0 fully saturated rings. The zero-order valence-electron chi connectivity index (χ0n) is 15.6. The summed E-state index contributed by atoms with van der Waals surface area (Å²) >= 11 is 12.1. The highest BCUT2D eigenvalue weighted by molar-refractivity contribution is 6.37. The van der Waals surface area contributed by atoms with E-state index >= 15 is 0 Å². The molecule has 0 spiro atoms. The number of rotatable bonds is 3. The van der Waals surface area contributed by atoms with Crippen molar-refractivity contribution in [2.24, 2.45) is 0 Å². The number of aromatic nitrogens is 2. The van der Waals surface area contributed by atoms with Gasteiger partial charge in [0.25, 0.3) is 5.69 Å². The van der Waals surface area contributed by atoms with Crippen molar-refractivity contribution in [1.29, 1.82) is 0 Å². The first-order chi connectivity index (χ1) is 14.3. The zero-order chi connectivity index (χ0) is 21.7. The van der Waals surface area contributed by atoms with Gasteiger partial charge in [-0.25, -0.2) is 4.98 Å². The summed E-state index contributed by atoms with van der Waals surface area (Å²) in [5, 5.41) is 11.9. The van der Waals surface area contributed by atoms with E-state index in [1.54, 1.807) is 24.4 Å². The largest absolute Gasteiger partial charge is 0.454 e. The smallest absolute Gasteiger partial charge is 0.272 e. The maximum absolute atomic E-state index is 11.8. The van der Waals surface area contributed by atoms with E-state index in [0.717, 1.165) is 16.5 Å². The van der Waals surface area contributed by atoms with E-state index in [1.165, 1.54) is 24.4 Å². The molecule has 6 nitrogen and oxygen atoms in total. The van der Waals surface area contributed by atoms with Crippen molar-refractivity contribution in [1.82, 2.24) is 9.97 Å². The van der Waals surface area contributed by atoms with Crippen molar-refractivity contribution in [3.05, 3.63) is 98.7 Å². The first-order valence-corrected chi connectivity index (χ1v) is 9.34. The van der Waals surface area contributed by atoms with Crippen LogP contribution in [0.15, 0.2) is 67.0 Å². The van der Waals surface area contributed by atoms with Crippen LogP contribution in [0.25, 0.3) is 10.9 Å². The Hall–Kier alpha value is -3.29. The first-order valence-electron chi connectivity index (χ1n) is 8.58. The lowest BCUT2D eigenvalue weighted by molar-refractivity contribution is -0.384. The Bertz CT molecular complexity index is 1180. The highest BCUT2D eigenvalue weighted by Crippen LogP contribution is 2.39. The lowest BCUT2D eigenvalue weighted by atomic mass is 10.1. The molecule has 30 heavy (non-hydrogen) atoms. The highest BCUT2D eigenvalue weighted by Gasteiger charge is 2.16. The molecule has 9 heteroatoms. The van der Waals surface area contributed by atoms with Crippen molar-refractivity contribution in [2.75, 3.05) is 0 Å². The molecule has 2 aromatic heterocycles. The van der Waals surface area contributed by atoms with Gasteiger partial charge in [-0.2, -0.15) is 4.39 Å². The maximum atomic E-state index is 11.8. The van der Waals surface area contributed by atoms with E-state index in [1.807, 2.05) is 25.1 Å². The van der Waals surface area contributed by atoms with Crippen LogP contribution in [0, 0.1) is 23.0 Å². The Labute approximate surface area is 181 Å². The van der Waals surface area contributed by atoms with Crippen LogP contribution in [0.3, 0.4) is 0 Å². The molecule has 2 aromatic carbocycles. The Morgan fingerprint density at radius 1 is 1.00 bits per heavy atom. The topological polar surface area (TPSA) is 78.2 Å². The van der Waals surface area contributed by atoms with E-state index < -0.39 is 10.9 Å². The summed E-state index contributed by atoms with van der Waals surface area (Å²) in [4.78, 5) is 17.8. The van der Waals surface area contributed by atoms with Crippen molar-refractivity contribution in [3.63, 3.8) is 0 Å². The summed E-state index contributed by atoms with van der Waals surface area (Å²) < 4.78 is 17.5. The Kier molecular flexibility index (Phi) is 6.76. The van der Waals surface area contributed by atoms with E-state index in [0.29, 0.717) is 5.75 Å². The molecule has 0 amide bonds. The Balaban J connectivity index is 0.000000310. The predicted molar refractivity (Wildman–Crippen MR) is 114 cm³/mol. The average molecular weight is 446 g/mol. The molecule has 0 radical (unpaired) electrons. The van der Waals surface area contributed by atoms with Crippen molar-refractivity contribution >= 4 is 39.8 Å². The minimum Gasteiger partial charge on any atom is -0.454 e. The number of benzene rings is 2. The summed E-state index contributed by atoms with van der Waals surface area (Å²) in [5.74, 6) is 0.272. The molecule has 0 bridgehead atoms. The molecule has 152 valence electrons. The zero-order valence-corrected chi connectivity index (χ0v) is 17.1. The van der Waals surface area contributed by atoms with Gasteiger partial charge < -0.3 is 4.74 Å². The summed E-state index contributed by atoms with van der Waals surface area (Å²) in [6, 6.07) is 14.3. The van der Waals surface area contributed by atoms with Gasteiger partial charge in [0.1, 0.15) is 5.75 Å². The van der Waals surface area contributed by atoms with Gasteiger partial charge in [0.2, 0.25) is 5.95 Å². The molecule has 0 saturated carbocycles. The minimum absolute atomic E-state index is 0.0761. The van der Waals surface area contributed by atoms with Gasteiger partial charge in [-0.15, -0.1) is 0 Å². The quantitative estimate of drug-likeness (QED) is 0.197. The predicted octanol–water partition coefficient (Wildman–Crippen LogP) is 6.77. The molecule has 0 aliphatic heterocycles. The monoisotopic (exact) mass is 445 g/mol. The molecule has 2 heterocycles. The van der Waals surface area contributed by atoms with E-state index in [4.69, 9.17) is 27.9 Å². The fourth-order valence-electron chi connectivity index (χ4n) is 2.54. The van der Waals surface area contributed by atoms with Gasteiger partial charge in [0.05, 0.1) is 20.5 Å². The van der Waals surface area contributed by atoms with Crippen LogP contribution in [0.5, 0.6) is 11.5 Å². The average Bonchev–Trinajstić information content (AvgIpc) is 2.72. The standard InChI is InChI=1S/C16H10Cl2N2O3.C5H4FN/c1-9-4-5-19-15-3-2-11(8-12(9)15)23-16-13(17)6-10(20(21)22)7-14(16)18;6-5-3-1-2-4-7-5/h2-8H,1H3;1-4H. The van der Waals surface area contributed by atoms with Crippen molar-refractivity contribution in [2.45, 2.75) is 6.92 Å². The van der Waals surface area contributed by atoms with Crippen molar-refractivity contribution < 1.29 is 14.1 Å². The van der Waals surface area contributed by atoms with Crippen LogP contribution in [0.2, 0.25) is 10.0 Å². The third-order valence-electron chi connectivity index (χ3n) is 3.97. The van der Waals surface area contributed by atoms with E-state index in [9.17, 15) is 14.5 Å². The van der Waals surface area contributed by atoms with Crippen LogP contribution in [0.1, 0.15) is 5.56 Å². The first kappa shape index (κ1) is 21.4. The van der Waals surface area contributed by atoms with Crippen LogP contribution in [-0.2, 0) is 0 Å². The van der Waals surface area contributed by atoms with Crippen molar-refractivity contribution in [3.8, 4) is 11.5 Å². The molecule has 4 rings (SSSR count). The van der Waals surface area contributed by atoms with Gasteiger partial charge in [-0.05, 0) is 48.9 Å². The third kappa shape index (κ3) is 5.20. The van der Waals surface area contributed by atoms with Crippen LogP contribution < -0.4 is 4.74 Å². The number of halogens is 3. The molecule has 0 N–H and O–H groups in total. The molecular formula is C21H14Cl2FN3O3. The number of pyridine rings is 2. The number of nitro groups is 1. The second-order valence-corrected chi connectivity index (χ2v) is 6.87. The minimum atomic E-state index is -0.563. The number of hydrogen-bond acceptors (Lipinski definition) is 5. The number of nitrogens with zero attached hydrogens (tertiary/aromatic N) is 3. The second-order valence-electron chi connectivity index (χ2n) is 6.06. The molecule has 0 aliphatic rings. The number of aryl methyl sites for hydroxylation is 1. The summed E-state index contributed by atoms with van der Waals surface area (Å²) in [5.41, 5.74) is 1.71. The molecule has 0 atom stereocenters. The highest BCUT2D eigenvalue weighted by atomic mass is 35.5. The third-order valence-corrected chi connectivity index (χ3v) is 4.54. The summed E-state index contributed by atoms with van der Waals surface area (Å²) in [6.07, 6.45) is 3.15. The molecule has 0 saturated heterocycles. The van der Waals surface area contributed by atoms with Gasteiger partial charge >= 0.3 is 0 Å². The fourth-order valence-corrected chi connectivity index (χ4v) is 3.09. The van der Waals surface area contributed by atoms with Gasteiger partial charge in [0, 0.05) is 29.9 Å². The second kappa shape index (κ2) is 9.47. The lowest BCUT2D eigenvalue weighted by Crippen LogP contribution is -1.92. The Morgan fingerprint density at radius 2 is 1.73 bits per heavy atom. The number of ether oxygens (including phenoxy) is 1. The number of non-ortho nitro benzene ring substituents is 1. The molecule has 4 aromatic rings. The summed E-state index contributed by atoms with van der Waals surface area (Å²) in [7, 11) is 0. The molecule has 0 unspecified atom stereocenters. The van der Waals surface area contributed by atoms with Crippen LogP contribution in [0.4, 0.5) is 10.1 Å². The molecule has 0 aliphatic carbocycles. The normalized spacial score (nSPS) is 10.3. The summed E-state index contributed by atoms with van der Waals surface area (Å²) in [6.45, 7) is 1.97. The lowest BCUT2D eigenvalue weighted by Gasteiger charge is -2.10. The molecular weight excluding hydrogens is 432 g/mol. The van der Waals surface area contributed by atoms with E-state index in [-0.39, 0.29) is 21.5 Å². The van der Waals surface area contributed by atoms with Crippen LogP contribution in [-0.4, -0.2) is 14.9 Å². The van der Waals surface area contributed by atoms with Crippen LogP contribution >= 0.6 is 23.2 Å². The fraction of sp³-hybridized carbons (Fsp3) is 0.0476. The SMILES string of the molecule is Cc1ccnc2ccc(Oc3c(Cl)cc([N+](=O)[O-])cc3Cl)cc12.Fc1ccccn1. The number of hydrogen-bond donors (Lipinski definition) is 0. The number of nitro benzene ring substituents is 1. The van der Waals surface area contributed by atoms with E-state index in [2.05, 4.69) is 9.97 Å².